The second-order valence-corrected chi connectivity index (χ2v) is 9.25. The van der Waals surface area contributed by atoms with Crippen molar-refractivity contribution in [2.24, 2.45) is 5.92 Å². The fourth-order valence-electron chi connectivity index (χ4n) is 3.81. The molecule has 3 nitrogen and oxygen atoms in total. The number of allylic oxidation sites excluding steroid dienone is 1. The van der Waals surface area contributed by atoms with E-state index in [1.54, 1.807) is 18.7 Å². The van der Waals surface area contributed by atoms with Crippen LogP contribution in [0.15, 0.2) is 17.0 Å². The molecule has 1 aromatic rings. The lowest BCUT2D eigenvalue weighted by molar-refractivity contribution is 0.197. The van der Waals surface area contributed by atoms with E-state index in [1.807, 2.05) is 12.1 Å². The average Bonchev–Trinajstić information content (AvgIpc) is 2.60. The van der Waals surface area contributed by atoms with E-state index >= 15 is 0 Å². The molecule has 27 heavy (non-hydrogen) atoms. The third-order valence-electron chi connectivity index (χ3n) is 5.35. The Bertz CT molecular complexity index is 614. The van der Waals surface area contributed by atoms with E-state index in [9.17, 15) is 15.3 Å². The van der Waals surface area contributed by atoms with Gasteiger partial charge in [0.1, 0.15) is 11.5 Å². The van der Waals surface area contributed by atoms with Crippen LogP contribution < -0.4 is 0 Å². The molecule has 0 aromatic heterocycles. The van der Waals surface area contributed by atoms with E-state index in [1.165, 1.54) is 25.7 Å². The first-order valence-electron chi connectivity index (χ1n) is 10.5. The summed E-state index contributed by atoms with van der Waals surface area (Å²) >= 11 is 1.74. The van der Waals surface area contributed by atoms with Crippen LogP contribution in [-0.4, -0.2) is 27.2 Å². The lowest BCUT2D eigenvalue weighted by Gasteiger charge is -2.23. The number of aromatic hydroxyl groups is 2. The third kappa shape index (κ3) is 6.76. The molecule has 1 aromatic carbocycles. The van der Waals surface area contributed by atoms with Crippen molar-refractivity contribution in [2.45, 2.75) is 84.7 Å². The van der Waals surface area contributed by atoms with Crippen LogP contribution >= 0.6 is 11.8 Å². The number of hydrogen-bond donors (Lipinski definition) is 3. The van der Waals surface area contributed by atoms with Crippen LogP contribution in [0.2, 0.25) is 0 Å². The SMILES string of the molecule is CCCCCC(C)CCc1cc(O)c(C2=C(CC(C)O)SCCC2)c(O)c1. The van der Waals surface area contributed by atoms with E-state index in [0.717, 1.165) is 47.5 Å². The van der Waals surface area contributed by atoms with Crippen molar-refractivity contribution < 1.29 is 15.3 Å². The van der Waals surface area contributed by atoms with Crippen molar-refractivity contribution in [3.05, 3.63) is 28.2 Å². The van der Waals surface area contributed by atoms with Gasteiger partial charge in [0.25, 0.3) is 0 Å². The van der Waals surface area contributed by atoms with Gasteiger partial charge in [-0.1, -0.05) is 39.5 Å². The minimum atomic E-state index is -0.418. The largest absolute Gasteiger partial charge is 0.507 e. The van der Waals surface area contributed by atoms with Crippen molar-refractivity contribution in [3.63, 3.8) is 0 Å². The van der Waals surface area contributed by atoms with Crippen LogP contribution in [-0.2, 0) is 6.42 Å². The number of hydrogen-bond acceptors (Lipinski definition) is 4. The molecule has 2 atom stereocenters. The minimum absolute atomic E-state index is 0.171. The molecule has 1 aliphatic rings. The highest BCUT2D eigenvalue weighted by molar-refractivity contribution is 8.03. The Balaban J connectivity index is 2.13. The highest BCUT2D eigenvalue weighted by Crippen LogP contribution is 2.45. The van der Waals surface area contributed by atoms with Gasteiger partial charge in [-0.2, -0.15) is 0 Å². The van der Waals surface area contributed by atoms with E-state index < -0.39 is 6.10 Å². The topological polar surface area (TPSA) is 60.7 Å². The highest BCUT2D eigenvalue weighted by atomic mass is 32.2. The van der Waals surface area contributed by atoms with Crippen molar-refractivity contribution in [1.82, 2.24) is 0 Å². The Kier molecular flexibility index (Phi) is 9.04. The lowest BCUT2D eigenvalue weighted by atomic mass is 9.92. The first-order chi connectivity index (χ1) is 12.9. The second kappa shape index (κ2) is 11.0. The molecule has 2 rings (SSSR count). The predicted octanol–water partition coefficient (Wildman–Crippen LogP) is 6.26. The molecule has 0 saturated heterocycles. The zero-order valence-electron chi connectivity index (χ0n) is 17.1. The van der Waals surface area contributed by atoms with Crippen LogP contribution in [0, 0.1) is 5.92 Å². The zero-order chi connectivity index (χ0) is 19.8. The molecule has 2 unspecified atom stereocenters. The number of thioether (sulfide) groups is 1. The summed E-state index contributed by atoms with van der Waals surface area (Å²) < 4.78 is 0. The standard InChI is InChI=1S/C23H36O3S/c1-4-5-6-8-16(2)10-11-18-14-20(25)23(21(26)15-18)19-9-7-12-27-22(19)13-17(3)24/h14-17,24-26H,4-13H2,1-3H3. The van der Waals surface area contributed by atoms with Gasteiger partial charge in [-0.25, -0.2) is 0 Å². The number of aryl methyl sites for hydroxylation is 1. The molecule has 0 radical (unpaired) electrons. The molecule has 3 N–H and O–H groups in total. The molecule has 0 aliphatic carbocycles. The zero-order valence-corrected chi connectivity index (χ0v) is 17.9. The summed E-state index contributed by atoms with van der Waals surface area (Å²) in [5.74, 6) is 2.03. The summed E-state index contributed by atoms with van der Waals surface area (Å²) in [5, 5.41) is 31.1. The van der Waals surface area contributed by atoms with Gasteiger partial charge in [0, 0.05) is 6.42 Å². The molecule has 0 amide bonds. The Labute approximate surface area is 168 Å². The fraction of sp³-hybridized carbons (Fsp3) is 0.652. The van der Waals surface area contributed by atoms with Gasteiger partial charge in [-0.05, 0) is 72.5 Å². The van der Waals surface area contributed by atoms with E-state index in [4.69, 9.17) is 0 Å². The lowest BCUT2D eigenvalue weighted by Crippen LogP contribution is -2.06. The molecular weight excluding hydrogens is 356 g/mol. The van der Waals surface area contributed by atoms with Crippen molar-refractivity contribution >= 4 is 17.3 Å². The number of benzene rings is 1. The Morgan fingerprint density at radius 2 is 1.78 bits per heavy atom. The van der Waals surface area contributed by atoms with E-state index in [0.29, 0.717) is 17.9 Å². The van der Waals surface area contributed by atoms with Crippen molar-refractivity contribution in [1.29, 1.82) is 0 Å². The minimum Gasteiger partial charge on any atom is -0.507 e. The summed E-state index contributed by atoms with van der Waals surface area (Å²) in [6.45, 7) is 6.30. The van der Waals surface area contributed by atoms with Gasteiger partial charge in [0.2, 0.25) is 0 Å². The molecule has 1 aliphatic heterocycles. The van der Waals surface area contributed by atoms with Gasteiger partial charge < -0.3 is 15.3 Å². The van der Waals surface area contributed by atoms with Gasteiger partial charge in [0.05, 0.1) is 11.7 Å². The van der Waals surface area contributed by atoms with Gasteiger partial charge in [-0.15, -0.1) is 11.8 Å². The van der Waals surface area contributed by atoms with Gasteiger partial charge >= 0.3 is 0 Å². The van der Waals surface area contributed by atoms with Gasteiger partial charge in [-0.3, -0.25) is 0 Å². The number of aliphatic hydroxyl groups is 1. The summed E-state index contributed by atoms with van der Waals surface area (Å²) in [6, 6.07) is 3.64. The van der Waals surface area contributed by atoms with Crippen molar-refractivity contribution in [3.8, 4) is 11.5 Å². The third-order valence-corrected chi connectivity index (χ3v) is 6.60. The molecule has 0 fully saturated rings. The monoisotopic (exact) mass is 392 g/mol. The maximum atomic E-state index is 10.6. The molecule has 0 saturated carbocycles. The van der Waals surface area contributed by atoms with E-state index in [-0.39, 0.29) is 11.5 Å². The molecule has 0 spiro atoms. The van der Waals surface area contributed by atoms with E-state index in [2.05, 4.69) is 13.8 Å². The maximum Gasteiger partial charge on any atom is 0.127 e. The number of rotatable bonds is 10. The number of phenolic OH excluding ortho intramolecular Hbond substituents is 2. The first kappa shape index (κ1) is 22.2. The van der Waals surface area contributed by atoms with Crippen molar-refractivity contribution in [2.75, 3.05) is 5.75 Å². The van der Waals surface area contributed by atoms with Crippen LogP contribution in [0.1, 0.15) is 83.3 Å². The summed E-state index contributed by atoms with van der Waals surface area (Å²) in [7, 11) is 0. The second-order valence-electron chi connectivity index (χ2n) is 8.06. The van der Waals surface area contributed by atoms with Crippen LogP contribution in [0.5, 0.6) is 11.5 Å². The molecule has 1 heterocycles. The molecule has 152 valence electrons. The molecule has 4 heteroatoms. The number of unbranched alkanes of at least 4 members (excludes halogenated alkanes) is 2. The Hall–Kier alpha value is -1.13. The summed E-state index contributed by atoms with van der Waals surface area (Å²) in [5.41, 5.74) is 2.57. The quantitative estimate of drug-likeness (QED) is 0.412. The predicted molar refractivity (Wildman–Crippen MR) is 116 cm³/mol. The Morgan fingerprint density at radius 3 is 2.41 bits per heavy atom. The summed E-state index contributed by atoms with van der Waals surface area (Å²) in [4.78, 5) is 1.10. The molecular formula is C23H36O3S. The van der Waals surface area contributed by atoms with Crippen LogP contribution in [0.3, 0.4) is 0 Å². The van der Waals surface area contributed by atoms with Crippen LogP contribution in [0.4, 0.5) is 0 Å². The molecule has 0 bridgehead atoms. The maximum absolute atomic E-state index is 10.6. The normalized spacial score (nSPS) is 17.2. The smallest absolute Gasteiger partial charge is 0.127 e. The van der Waals surface area contributed by atoms with Gasteiger partial charge in [0.15, 0.2) is 0 Å². The first-order valence-corrected chi connectivity index (χ1v) is 11.5. The van der Waals surface area contributed by atoms with Crippen LogP contribution in [0.25, 0.3) is 5.57 Å². The number of aliphatic hydroxyl groups excluding tert-OH is 1. The highest BCUT2D eigenvalue weighted by Gasteiger charge is 2.22. The Morgan fingerprint density at radius 1 is 1.07 bits per heavy atom. The number of phenols is 2. The summed E-state index contributed by atoms with van der Waals surface area (Å²) in [6.07, 6.45) is 9.06. The average molecular weight is 393 g/mol. The fourth-order valence-corrected chi connectivity index (χ4v) is 5.08.